The number of piperazine rings is 1. The molecular weight excluding hydrogens is 216 g/mol. The lowest BCUT2D eigenvalue weighted by Crippen LogP contribution is -2.53. The molecule has 0 aromatic carbocycles. The number of amides is 1. The van der Waals surface area contributed by atoms with E-state index in [1.807, 2.05) is 5.01 Å². The summed E-state index contributed by atoms with van der Waals surface area (Å²) in [6, 6.07) is 0.702. The summed E-state index contributed by atoms with van der Waals surface area (Å²) >= 11 is 0. The van der Waals surface area contributed by atoms with Crippen LogP contribution < -0.4 is 11.6 Å². The van der Waals surface area contributed by atoms with E-state index in [0.717, 1.165) is 39.0 Å². The number of carbonyl (C=O) groups is 1. The Bertz CT molecular complexity index is 255. The third-order valence-electron chi connectivity index (χ3n) is 4.17. The number of hydrogen-bond acceptors (Lipinski definition) is 4. The van der Waals surface area contributed by atoms with Gasteiger partial charge in [-0.05, 0) is 31.6 Å². The highest BCUT2D eigenvalue weighted by molar-refractivity contribution is 5.73. The predicted octanol–water partition coefficient (Wildman–Crippen LogP) is -0.0881. The van der Waals surface area contributed by atoms with Crippen molar-refractivity contribution in [1.29, 1.82) is 0 Å². The summed E-state index contributed by atoms with van der Waals surface area (Å²) in [4.78, 5) is 13.4. The van der Waals surface area contributed by atoms with Gasteiger partial charge in [0.1, 0.15) is 0 Å². The van der Waals surface area contributed by atoms with E-state index >= 15 is 0 Å². The molecule has 1 heterocycles. The summed E-state index contributed by atoms with van der Waals surface area (Å²) in [5.41, 5.74) is 5.25. The van der Waals surface area contributed by atoms with Gasteiger partial charge in [-0.25, -0.2) is 5.01 Å². The van der Waals surface area contributed by atoms with E-state index in [0.29, 0.717) is 18.4 Å². The van der Waals surface area contributed by atoms with Crippen LogP contribution in [0, 0.1) is 5.92 Å². The second-order valence-electron chi connectivity index (χ2n) is 5.42. The first kappa shape index (κ1) is 12.8. The zero-order chi connectivity index (χ0) is 12.3. The van der Waals surface area contributed by atoms with Crippen molar-refractivity contribution < 1.29 is 4.79 Å². The lowest BCUT2D eigenvalue weighted by molar-refractivity contribution is -0.119. The van der Waals surface area contributed by atoms with Gasteiger partial charge in [0.05, 0.1) is 0 Å². The van der Waals surface area contributed by atoms with E-state index in [4.69, 9.17) is 11.6 Å². The molecule has 5 heteroatoms. The molecule has 98 valence electrons. The molecule has 4 N–H and O–H groups in total. The van der Waals surface area contributed by atoms with Gasteiger partial charge in [0.2, 0.25) is 5.91 Å². The van der Waals surface area contributed by atoms with Gasteiger partial charge in [0, 0.05) is 38.6 Å². The summed E-state index contributed by atoms with van der Waals surface area (Å²) in [5.74, 6) is 6.14. The van der Waals surface area contributed by atoms with E-state index in [-0.39, 0.29) is 5.91 Å². The molecule has 1 aliphatic heterocycles. The van der Waals surface area contributed by atoms with Gasteiger partial charge in [-0.15, -0.1) is 0 Å². The van der Waals surface area contributed by atoms with Crippen LogP contribution in [0.25, 0.3) is 0 Å². The maximum Gasteiger partial charge on any atom is 0.217 e. The Labute approximate surface area is 103 Å². The van der Waals surface area contributed by atoms with Crippen LogP contribution in [-0.2, 0) is 4.79 Å². The van der Waals surface area contributed by atoms with Gasteiger partial charge in [-0.1, -0.05) is 0 Å². The van der Waals surface area contributed by atoms with Crippen LogP contribution in [0.1, 0.15) is 32.1 Å². The first-order valence-corrected chi connectivity index (χ1v) is 6.67. The lowest BCUT2D eigenvalue weighted by Gasteiger charge is -2.40. The molecule has 1 amide bonds. The number of hydrazine groups is 1. The Morgan fingerprint density at radius 2 is 1.65 bits per heavy atom. The zero-order valence-corrected chi connectivity index (χ0v) is 10.5. The van der Waals surface area contributed by atoms with Crippen LogP contribution in [0.5, 0.6) is 0 Å². The van der Waals surface area contributed by atoms with E-state index in [9.17, 15) is 4.79 Å². The van der Waals surface area contributed by atoms with Gasteiger partial charge >= 0.3 is 0 Å². The minimum Gasteiger partial charge on any atom is -0.370 e. The first-order chi connectivity index (χ1) is 8.15. The quantitative estimate of drug-likeness (QED) is 0.676. The van der Waals surface area contributed by atoms with Crippen LogP contribution >= 0.6 is 0 Å². The molecule has 0 radical (unpaired) electrons. The fraction of sp³-hybridized carbons (Fsp3) is 0.917. The number of nitrogens with zero attached hydrogens (tertiary/aromatic N) is 2. The third-order valence-corrected chi connectivity index (χ3v) is 4.17. The Hall–Kier alpha value is -0.650. The molecule has 0 spiro atoms. The van der Waals surface area contributed by atoms with Crippen molar-refractivity contribution in [3.8, 4) is 0 Å². The fourth-order valence-electron chi connectivity index (χ4n) is 3.10. The Morgan fingerprint density at radius 3 is 2.18 bits per heavy atom. The van der Waals surface area contributed by atoms with Crippen molar-refractivity contribution in [3.63, 3.8) is 0 Å². The maximum absolute atomic E-state index is 10.9. The monoisotopic (exact) mass is 240 g/mol. The predicted molar refractivity (Wildman–Crippen MR) is 66.9 cm³/mol. The minimum atomic E-state index is -0.148. The molecule has 17 heavy (non-hydrogen) atoms. The first-order valence-electron chi connectivity index (χ1n) is 6.67. The Morgan fingerprint density at radius 1 is 1.06 bits per heavy atom. The van der Waals surface area contributed by atoms with Crippen molar-refractivity contribution in [1.82, 2.24) is 9.91 Å². The van der Waals surface area contributed by atoms with Gasteiger partial charge in [-0.3, -0.25) is 15.5 Å². The number of hydrogen-bond donors (Lipinski definition) is 2. The number of primary amides is 1. The normalized spacial score (nSPS) is 32.5. The number of nitrogens with two attached hydrogens (primary N) is 2. The SMILES string of the molecule is NC(=O)CC1CCC(N2CCN(N)CC2)CC1. The molecule has 2 fully saturated rings. The lowest BCUT2D eigenvalue weighted by atomic mass is 9.83. The van der Waals surface area contributed by atoms with Gasteiger partial charge < -0.3 is 5.73 Å². The molecule has 0 aromatic heterocycles. The summed E-state index contributed by atoms with van der Waals surface area (Å²) < 4.78 is 0. The molecule has 2 aliphatic rings. The molecule has 0 bridgehead atoms. The highest BCUT2D eigenvalue weighted by atomic mass is 16.1. The molecule has 1 saturated carbocycles. The van der Waals surface area contributed by atoms with Crippen LogP contribution in [-0.4, -0.2) is 48.0 Å². The number of rotatable bonds is 3. The van der Waals surface area contributed by atoms with E-state index in [2.05, 4.69) is 4.90 Å². The second kappa shape index (κ2) is 5.80. The Kier molecular flexibility index (Phi) is 4.36. The van der Waals surface area contributed by atoms with Crippen molar-refractivity contribution in [3.05, 3.63) is 0 Å². The second-order valence-corrected chi connectivity index (χ2v) is 5.42. The zero-order valence-electron chi connectivity index (χ0n) is 10.5. The van der Waals surface area contributed by atoms with Gasteiger partial charge in [0.25, 0.3) is 0 Å². The molecule has 0 aromatic rings. The van der Waals surface area contributed by atoms with E-state index in [1.54, 1.807) is 0 Å². The van der Waals surface area contributed by atoms with Crippen LogP contribution in [0.4, 0.5) is 0 Å². The molecule has 2 rings (SSSR count). The largest absolute Gasteiger partial charge is 0.370 e. The van der Waals surface area contributed by atoms with Crippen molar-refractivity contribution >= 4 is 5.91 Å². The van der Waals surface area contributed by atoms with Crippen LogP contribution in [0.2, 0.25) is 0 Å². The maximum atomic E-state index is 10.9. The molecule has 1 aliphatic carbocycles. The third kappa shape index (κ3) is 3.66. The highest BCUT2D eigenvalue weighted by Crippen LogP contribution is 2.29. The highest BCUT2D eigenvalue weighted by Gasteiger charge is 2.28. The summed E-state index contributed by atoms with van der Waals surface area (Å²) in [7, 11) is 0. The van der Waals surface area contributed by atoms with Crippen molar-refractivity contribution in [2.45, 2.75) is 38.1 Å². The van der Waals surface area contributed by atoms with Crippen molar-refractivity contribution in [2.75, 3.05) is 26.2 Å². The van der Waals surface area contributed by atoms with Crippen LogP contribution in [0.15, 0.2) is 0 Å². The topological polar surface area (TPSA) is 75.6 Å². The van der Waals surface area contributed by atoms with Gasteiger partial charge in [0.15, 0.2) is 0 Å². The number of carbonyl (C=O) groups excluding carboxylic acids is 1. The summed E-state index contributed by atoms with van der Waals surface area (Å²) in [6.45, 7) is 4.12. The van der Waals surface area contributed by atoms with Crippen molar-refractivity contribution in [2.24, 2.45) is 17.5 Å². The molecule has 0 unspecified atom stereocenters. The average Bonchev–Trinajstić information content (AvgIpc) is 2.30. The molecular formula is C12H24N4O. The van der Waals surface area contributed by atoms with E-state index < -0.39 is 0 Å². The molecule has 0 atom stereocenters. The molecule has 1 saturated heterocycles. The van der Waals surface area contributed by atoms with E-state index in [1.165, 1.54) is 12.8 Å². The summed E-state index contributed by atoms with van der Waals surface area (Å²) in [6.07, 6.45) is 5.29. The average molecular weight is 240 g/mol. The van der Waals surface area contributed by atoms with Crippen LogP contribution in [0.3, 0.4) is 0 Å². The molecule has 5 nitrogen and oxygen atoms in total. The van der Waals surface area contributed by atoms with Gasteiger partial charge in [-0.2, -0.15) is 0 Å². The summed E-state index contributed by atoms with van der Waals surface area (Å²) in [5, 5.41) is 1.90. The Balaban J connectivity index is 1.73. The fourth-order valence-corrected chi connectivity index (χ4v) is 3.10. The standard InChI is InChI=1S/C12H24N4O/c13-12(17)9-10-1-3-11(4-2-10)15-5-7-16(14)8-6-15/h10-11H,1-9,14H2,(H2,13,17). The smallest absolute Gasteiger partial charge is 0.217 e. The minimum absolute atomic E-state index is 0.148.